The summed E-state index contributed by atoms with van der Waals surface area (Å²) in [6.07, 6.45) is 2.50. The molecular weight excluding hydrogens is 312 g/mol. The molecule has 1 aromatic carbocycles. The monoisotopic (exact) mass is 344 g/mol. The van der Waals surface area contributed by atoms with Crippen molar-refractivity contribution in [2.75, 3.05) is 44.2 Å². The van der Waals surface area contributed by atoms with E-state index in [1.54, 1.807) is 0 Å². The molecule has 2 aliphatic heterocycles. The second-order valence-corrected chi connectivity index (χ2v) is 7.64. The van der Waals surface area contributed by atoms with E-state index in [4.69, 9.17) is 5.73 Å². The van der Waals surface area contributed by atoms with Crippen LogP contribution in [0, 0.1) is 6.92 Å². The number of hydrogen-bond acceptors (Lipinski definition) is 4. The summed E-state index contributed by atoms with van der Waals surface area (Å²) in [7, 11) is 0. The molecular formula is C20H32N4O. The topological polar surface area (TPSA) is 52.8 Å². The molecule has 0 bridgehead atoms. The minimum atomic E-state index is 0.258. The summed E-state index contributed by atoms with van der Waals surface area (Å²) in [6, 6.07) is 9.25. The zero-order valence-corrected chi connectivity index (χ0v) is 15.7. The van der Waals surface area contributed by atoms with E-state index in [1.165, 1.54) is 11.3 Å². The molecule has 0 saturated carbocycles. The van der Waals surface area contributed by atoms with Crippen molar-refractivity contribution in [3.63, 3.8) is 0 Å². The third-order valence-electron chi connectivity index (χ3n) is 5.62. The Morgan fingerprint density at radius 3 is 2.64 bits per heavy atom. The molecule has 1 aromatic rings. The second-order valence-electron chi connectivity index (χ2n) is 7.64. The summed E-state index contributed by atoms with van der Waals surface area (Å²) < 4.78 is 0. The number of carbonyl (C=O) groups is 1. The Bertz CT molecular complexity index is 583. The average molecular weight is 345 g/mol. The summed E-state index contributed by atoms with van der Waals surface area (Å²) >= 11 is 0. The van der Waals surface area contributed by atoms with Crippen LogP contribution in [0.4, 0.5) is 5.69 Å². The fourth-order valence-corrected chi connectivity index (χ4v) is 4.03. The highest BCUT2D eigenvalue weighted by Crippen LogP contribution is 2.19. The molecule has 1 amide bonds. The van der Waals surface area contributed by atoms with Crippen LogP contribution in [0.3, 0.4) is 0 Å². The van der Waals surface area contributed by atoms with Gasteiger partial charge in [-0.05, 0) is 44.4 Å². The number of likely N-dealkylation sites (tertiary alicyclic amines) is 1. The maximum Gasteiger partial charge on any atom is 0.224 e. The molecule has 25 heavy (non-hydrogen) atoms. The summed E-state index contributed by atoms with van der Waals surface area (Å²) in [6.45, 7) is 10.1. The van der Waals surface area contributed by atoms with Crippen molar-refractivity contribution in [3.8, 4) is 0 Å². The van der Waals surface area contributed by atoms with Crippen molar-refractivity contribution in [3.05, 3.63) is 29.8 Å². The second kappa shape index (κ2) is 8.19. The minimum Gasteiger partial charge on any atom is -0.369 e. The number of aryl methyl sites for hydroxylation is 1. The first kappa shape index (κ1) is 18.2. The Hall–Kier alpha value is -1.59. The van der Waals surface area contributed by atoms with E-state index >= 15 is 0 Å². The summed E-state index contributed by atoms with van der Waals surface area (Å²) in [4.78, 5) is 19.4. The number of hydrogen-bond donors (Lipinski definition) is 1. The first-order chi connectivity index (χ1) is 12.0. The third-order valence-corrected chi connectivity index (χ3v) is 5.62. The Kier molecular flexibility index (Phi) is 5.97. The molecule has 0 radical (unpaired) electrons. The number of nitrogens with zero attached hydrogens (tertiary/aromatic N) is 3. The standard InChI is InChI=1S/C20H32N4O/c1-16-4-3-5-19(14-16)23-12-10-22(11-13-23)8-7-20(25)24-9-6-18(21)15-17(24)2/h3-5,14,17-18H,6-13,15,21H2,1-2H3. The van der Waals surface area contributed by atoms with Crippen LogP contribution >= 0.6 is 0 Å². The van der Waals surface area contributed by atoms with Gasteiger partial charge in [0.1, 0.15) is 0 Å². The zero-order valence-electron chi connectivity index (χ0n) is 15.7. The van der Waals surface area contributed by atoms with Gasteiger partial charge in [0.25, 0.3) is 0 Å². The Morgan fingerprint density at radius 1 is 1.20 bits per heavy atom. The van der Waals surface area contributed by atoms with Crippen LogP contribution in [0.15, 0.2) is 24.3 Å². The molecule has 2 unspecified atom stereocenters. The van der Waals surface area contributed by atoms with Crippen LogP contribution in [0.2, 0.25) is 0 Å². The maximum atomic E-state index is 12.5. The number of carbonyl (C=O) groups excluding carboxylic acids is 1. The molecule has 2 N–H and O–H groups in total. The van der Waals surface area contributed by atoms with E-state index < -0.39 is 0 Å². The van der Waals surface area contributed by atoms with E-state index in [9.17, 15) is 4.79 Å². The van der Waals surface area contributed by atoms with Gasteiger partial charge in [-0.3, -0.25) is 9.69 Å². The molecule has 0 aliphatic carbocycles. The molecule has 0 aromatic heterocycles. The lowest BCUT2D eigenvalue weighted by Crippen LogP contribution is -2.50. The lowest BCUT2D eigenvalue weighted by Gasteiger charge is -2.38. The molecule has 2 heterocycles. The smallest absolute Gasteiger partial charge is 0.224 e. The van der Waals surface area contributed by atoms with Gasteiger partial charge in [-0.25, -0.2) is 0 Å². The predicted molar refractivity (Wildman–Crippen MR) is 103 cm³/mol. The van der Waals surface area contributed by atoms with Crippen molar-refractivity contribution in [1.29, 1.82) is 0 Å². The molecule has 5 nitrogen and oxygen atoms in total. The van der Waals surface area contributed by atoms with E-state index in [0.29, 0.717) is 12.3 Å². The van der Waals surface area contributed by atoms with Crippen LogP contribution in [0.25, 0.3) is 0 Å². The van der Waals surface area contributed by atoms with Gasteiger partial charge in [0.05, 0.1) is 0 Å². The largest absolute Gasteiger partial charge is 0.369 e. The van der Waals surface area contributed by atoms with Gasteiger partial charge in [-0.1, -0.05) is 12.1 Å². The van der Waals surface area contributed by atoms with Crippen molar-refractivity contribution in [1.82, 2.24) is 9.80 Å². The molecule has 2 atom stereocenters. The number of benzene rings is 1. The number of rotatable bonds is 4. The molecule has 138 valence electrons. The predicted octanol–water partition coefficient (Wildman–Crippen LogP) is 1.85. The summed E-state index contributed by atoms with van der Waals surface area (Å²) in [5.74, 6) is 0.292. The van der Waals surface area contributed by atoms with Gasteiger partial charge in [-0.2, -0.15) is 0 Å². The van der Waals surface area contributed by atoms with E-state index in [2.05, 4.69) is 47.9 Å². The SMILES string of the molecule is Cc1cccc(N2CCN(CCC(=O)N3CCC(N)CC3C)CC2)c1. The molecule has 2 saturated heterocycles. The van der Waals surface area contributed by atoms with E-state index in [-0.39, 0.29) is 12.1 Å². The molecule has 2 fully saturated rings. The normalized spacial score (nSPS) is 25.2. The third kappa shape index (κ3) is 4.73. The fourth-order valence-electron chi connectivity index (χ4n) is 4.03. The van der Waals surface area contributed by atoms with E-state index in [1.807, 2.05) is 4.90 Å². The van der Waals surface area contributed by atoms with Crippen molar-refractivity contribution in [2.24, 2.45) is 5.73 Å². The quantitative estimate of drug-likeness (QED) is 0.906. The minimum absolute atomic E-state index is 0.258. The van der Waals surface area contributed by atoms with Gasteiger partial charge < -0.3 is 15.5 Å². The number of amides is 1. The highest BCUT2D eigenvalue weighted by molar-refractivity contribution is 5.76. The first-order valence-electron chi connectivity index (χ1n) is 9.62. The Balaban J connectivity index is 1.42. The molecule has 2 aliphatic rings. The lowest BCUT2D eigenvalue weighted by atomic mass is 9.99. The van der Waals surface area contributed by atoms with Crippen LogP contribution < -0.4 is 10.6 Å². The van der Waals surface area contributed by atoms with Gasteiger partial charge in [0.15, 0.2) is 0 Å². The van der Waals surface area contributed by atoms with Crippen molar-refractivity contribution in [2.45, 2.75) is 45.2 Å². The van der Waals surface area contributed by atoms with Gasteiger partial charge in [-0.15, -0.1) is 0 Å². The lowest BCUT2D eigenvalue weighted by molar-refractivity contribution is -0.135. The van der Waals surface area contributed by atoms with Gasteiger partial charge in [0, 0.05) is 63.5 Å². The highest BCUT2D eigenvalue weighted by atomic mass is 16.2. The first-order valence-corrected chi connectivity index (χ1v) is 9.62. The molecule has 3 rings (SSSR count). The van der Waals surface area contributed by atoms with Crippen LogP contribution in [0.5, 0.6) is 0 Å². The zero-order chi connectivity index (χ0) is 17.8. The Morgan fingerprint density at radius 2 is 1.96 bits per heavy atom. The van der Waals surface area contributed by atoms with Crippen LogP contribution in [-0.2, 0) is 4.79 Å². The number of nitrogens with two attached hydrogens (primary N) is 1. The van der Waals surface area contributed by atoms with Gasteiger partial charge >= 0.3 is 0 Å². The average Bonchev–Trinajstić information content (AvgIpc) is 2.60. The molecule has 0 spiro atoms. The fraction of sp³-hybridized carbons (Fsp3) is 0.650. The van der Waals surface area contributed by atoms with E-state index in [0.717, 1.165) is 52.1 Å². The molecule has 5 heteroatoms. The van der Waals surface area contributed by atoms with Crippen LogP contribution in [0.1, 0.15) is 31.7 Å². The summed E-state index contributed by atoms with van der Waals surface area (Å²) in [5.41, 5.74) is 8.62. The number of piperidine rings is 1. The number of anilines is 1. The maximum absolute atomic E-state index is 12.5. The van der Waals surface area contributed by atoms with Crippen molar-refractivity contribution < 1.29 is 4.79 Å². The summed E-state index contributed by atoms with van der Waals surface area (Å²) in [5, 5.41) is 0. The van der Waals surface area contributed by atoms with Crippen molar-refractivity contribution >= 4 is 11.6 Å². The van der Waals surface area contributed by atoms with Crippen LogP contribution in [-0.4, -0.2) is 67.1 Å². The highest BCUT2D eigenvalue weighted by Gasteiger charge is 2.27. The van der Waals surface area contributed by atoms with Gasteiger partial charge in [0.2, 0.25) is 5.91 Å². The number of piperazine rings is 1. The Labute approximate surface area is 151 Å².